The number of carbonyl (C=O) groups excluding carboxylic acids is 2. The fraction of sp³-hybridized carbons (Fsp3) is 0.310. The van der Waals surface area contributed by atoms with Gasteiger partial charge in [-0.3, -0.25) is 9.59 Å². The van der Waals surface area contributed by atoms with E-state index in [1.165, 1.54) is 21.0 Å². The molecule has 4 atom stereocenters. The van der Waals surface area contributed by atoms with Gasteiger partial charge in [-0.1, -0.05) is 91.0 Å². The molecule has 7 nitrogen and oxygen atoms in total. The summed E-state index contributed by atoms with van der Waals surface area (Å²) in [5.74, 6) is -1.06. The second kappa shape index (κ2) is 11.5. The quantitative estimate of drug-likeness (QED) is 0.328. The minimum atomic E-state index is -0.990. The largest absolute Gasteiger partial charge is 0.455 e. The van der Waals surface area contributed by atoms with Crippen LogP contribution in [0.25, 0.3) is 0 Å². The van der Waals surface area contributed by atoms with Crippen LogP contribution in [0.1, 0.15) is 30.5 Å². The maximum Gasteiger partial charge on any atom is 0.303 e. The lowest BCUT2D eigenvalue weighted by atomic mass is 9.80. The SMILES string of the molecule is CO[C@H]1O[C@H](COC(c2ccccc2)(c2ccccc2)c2ccccc2)[C@H](OC(C)=O)[C@H]1OC(C)=O. The van der Waals surface area contributed by atoms with E-state index in [0.717, 1.165) is 16.7 Å². The summed E-state index contributed by atoms with van der Waals surface area (Å²) in [7, 11) is 1.44. The van der Waals surface area contributed by atoms with Crippen LogP contribution in [0.5, 0.6) is 0 Å². The fourth-order valence-corrected chi connectivity index (χ4v) is 4.64. The summed E-state index contributed by atoms with van der Waals surface area (Å²) < 4.78 is 29.2. The van der Waals surface area contributed by atoms with Gasteiger partial charge in [-0.2, -0.15) is 0 Å². The first kappa shape index (κ1) is 25.6. The number of benzene rings is 3. The lowest BCUT2D eigenvalue weighted by Gasteiger charge is -2.37. The van der Waals surface area contributed by atoms with E-state index in [1.807, 2.05) is 91.0 Å². The third-order valence-electron chi connectivity index (χ3n) is 6.11. The number of methoxy groups -OCH3 is 1. The molecule has 0 spiro atoms. The normalized spacial score (nSPS) is 21.6. The Labute approximate surface area is 210 Å². The summed E-state index contributed by atoms with van der Waals surface area (Å²) in [4.78, 5) is 23.7. The van der Waals surface area contributed by atoms with Gasteiger partial charge < -0.3 is 23.7 Å². The van der Waals surface area contributed by atoms with Crippen LogP contribution in [0.3, 0.4) is 0 Å². The lowest BCUT2D eigenvalue weighted by molar-refractivity contribution is -0.182. The second-order valence-electron chi connectivity index (χ2n) is 8.52. The van der Waals surface area contributed by atoms with E-state index in [0.29, 0.717) is 0 Å². The molecule has 0 N–H and O–H groups in total. The molecule has 0 unspecified atom stereocenters. The predicted molar refractivity (Wildman–Crippen MR) is 132 cm³/mol. The molecular formula is C29H30O7. The van der Waals surface area contributed by atoms with E-state index in [4.69, 9.17) is 23.7 Å². The van der Waals surface area contributed by atoms with Gasteiger partial charge in [0.2, 0.25) is 0 Å². The highest BCUT2D eigenvalue weighted by Gasteiger charge is 2.51. The molecule has 188 valence electrons. The number of hydrogen-bond donors (Lipinski definition) is 0. The number of ether oxygens (including phenoxy) is 5. The van der Waals surface area contributed by atoms with Gasteiger partial charge in [-0.15, -0.1) is 0 Å². The monoisotopic (exact) mass is 490 g/mol. The molecule has 1 heterocycles. The minimum Gasteiger partial charge on any atom is -0.455 e. The van der Waals surface area contributed by atoms with Crippen molar-refractivity contribution < 1.29 is 33.3 Å². The van der Waals surface area contributed by atoms with Crippen molar-refractivity contribution in [1.29, 1.82) is 0 Å². The van der Waals surface area contributed by atoms with E-state index in [2.05, 4.69) is 0 Å². The Bertz CT molecular complexity index is 1040. The molecule has 1 fully saturated rings. The molecule has 1 saturated heterocycles. The molecule has 0 bridgehead atoms. The molecule has 0 radical (unpaired) electrons. The van der Waals surface area contributed by atoms with Crippen LogP contribution >= 0.6 is 0 Å². The zero-order valence-electron chi connectivity index (χ0n) is 20.5. The number of hydrogen-bond acceptors (Lipinski definition) is 7. The molecular weight excluding hydrogens is 460 g/mol. The molecule has 4 rings (SSSR count). The van der Waals surface area contributed by atoms with Crippen molar-refractivity contribution in [3.63, 3.8) is 0 Å². The van der Waals surface area contributed by atoms with Gasteiger partial charge in [-0.25, -0.2) is 0 Å². The highest BCUT2D eigenvalue weighted by molar-refractivity contribution is 5.67. The Kier molecular flexibility index (Phi) is 8.15. The van der Waals surface area contributed by atoms with Gasteiger partial charge in [0.25, 0.3) is 0 Å². The first-order valence-electron chi connectivity index (χ1n) is 11.8. The molecule has 1 aliphatic heterocycles. The number of carbonyl (C=O) groups is 2. The zero-order valence-corrected chi connectivity index (χ0v) is 20.5. The maximum atomic E-state index is 11.9. The second-order valence-corrected chi connectivity index (χ2v) is 8.52. The fourth-order valence-electron chi connectivity index (χ4n) is 4.64. The summed E-state index contributed by atoms with van der Waals surface area (Å²) >= 11 is 0. The average Bonchev–Trinajstić information content (AvgIpc) is 3.21. The van der Waals surface area contributed by atoms with E-state index >= 15 is 0 Å². The van der Waals surface area contributed by atoms with Crippen LogP contribution in [0.4, 0.5) is 0 Å². The average molecular weight is 491 g/mol. The van der Waals surface area contributed by atoms with Crippen LogP contribution in [0.2, 0.25) is 0 Å². The van der Waals surface area contributed by atoms with Gasteiger partial charge in [0.1, 0.15) is 11.7 Å². The Hall–Kier alpha value is -3.52. The Morgan fingerprint density at radius 3 is 1.53 bits per heavy atom. The van der Waals surface area contributed by atoms with Crippen molar-refractivity contribution in [2.75, 3.05) is 13.7 Å². The van der Waals surface area contributed by atoms with Crippen molar-refractivity contribution in [2.24, 2.45) is 0 Å². The topological polar surface area (TPSA) is 80.3 Å². The van der Waals surface area contributed by atoms with Crippen LogP contribution in [0, 0.1) is 0 Å². The molecule has 36 heavy (non-hydrogen) atoms. The van der Waals surface area contributed by atoms with Crippen molar-refractivity contribution in [1.82, 2.24) is 0 Å². The van der Waals surface area contributed by atoms with Crippen molar-refractivity contribution in [2.45, 2.75) is 44.1 Å². The molecule has 0 amide bonds. The molecule has 0 saturated carbocycles. The third-order valence-corrected chi connectivity index (χ3v) is 6.11. The molecule has 1 aliphatic rings. The van der Waals surface area contributed by atoms with Crippen LogP contribution < -0.4 is 0 Å². The molecule has 3 aromatic rings. The summed E-state index contributed by atoms with van der Waals surface area (Å²) in [6.45, 7) is 2.60. The van der Waals surface area contributed by atoms with E-state index in [-0.39, 0.29) is 6.61 Å². The smallest absolute Gasteiger partial charge is 0.303 e. The van der Waals surface area contributed by atoms with Crippen molar-refractivity contribution in [3.8, 4) is 0 Å². The zero-order chi connectivity index (χ0) is 25.5. The summed E-state index contributed by atoms with van der Waals surface area (Å²) in [6, 6.07) is 29.7. The van der Waals surface area contributed by atoms with Gasteiger partial charge in [0.05, 0.1) is 6.61 Å². The van der Waals surface area contributed by atoms with Crippen LogP contribution in [-0.2, 0) is 38.9 Å². The molecule has 0 aromatic heterocycles. The van der Waals surface area contributed by atoms with E-state index in [9.17, 15) is 9.59 Å². The van der Waals surface area contributed by atoms with Crippen molar-refractivity contribution >= 4 is 11.9 Å². The van der Waals surface area contributed by atoms with Crippen LogP contribution in [0.15, 0.2) is 91.0 Å². The standard InChI is InChI=1S/C29H30O7/c1-20(30)34-26-25(36-28(32-3)27(26)35-21(2)31)19-33-29(22-13-7-4-8-14-22,23-15-9-5-10-16-23)24-17-11-6-12-18-24/h4-18,25-28H,19H2,1-3H3/t25-,26+,27-,28+/m1/s1. The molecule has 0 aliphatic carbocycles. The number of rotatable bonds is 9. The third kappa shape index (κ3) is 5.33. The first-order chi connectivity index (χ1) is 17.5. The van der Waals surface area contributed by atoms with Gasteiger partial charge in [0, 0.05) is 21.0 Å². The Balaban J connectivity index is 1.76. The van der Waals surface area contributed by atoms with E-state index in [1.54, 1.807) is 0 Å². The first-order valence-corrected chi connectivity index (χ1v) is 11.8. The minimum absolute atomic E-state index is 0.0221. The van der Waals surface area contributed by atoms with Gasteiger partial charge in [-0.05, 0) is 16.7 Å². The number of esters is 2. The van der Waals surface area contributed by atoms with Crippen molar-refractivity contribution in [3.05, 3.63) is 108 Å². The molecule has 7 heteroatoms. The Morgan fingerprint density at radius 1 is 0.722 bits per heavy atom. The molecule has 3 aromatic carbocycles. The highest BCUT2D eigenvalue weighted by atomic mass is 16.7. The highest BCUT2D eigenvalue weighted by Crippen LogP contribution is 2.41. The maximum absolute atomic E-state index is 11.9. The predicted octanol–water partition coefficient (Wildman–Crippen LogP) is 4.23. The summed E-state index contributed by atoms with van der Waals surface area (Å²) in [5, 5.41) is 0. The summed E-state index contributed by atoms with van der Waals surface area (Å²) in [6.07, 6.45) is -3.49. The van der Waals surface area contributed by atoms with Crippen LogP contribution in [-0.4, -0.2) is 50.3 Å². The van der Waals surface area contributed by atoms with Gasteiger partial charge in [0.15, 0.2) is 18.5 Å². The summed E-state index contributed by atoms with van der Waals surface area (Å²) in [5.41, 5.74) is 1.77. The van der Waals surface area contributed by atoms with E-state index < -0.39 is 42.1 Å². The Morgan fingerprint density at radius 2 is 1.14 bits per heavy atom. The van der Waals surface area contributed by atoms with Gasteiger partial charge >= 0.3 is 11.9 Å². The lowest BCUT2D eigenvalue weighted by Crippen LogP contribution is -2.43.